The van der Waals surface area contributed by atoms with Gasteiger partial charge in [-0.3, -0.25) is 0 Å². The lowest BCUT2D eigenvalue weighted by Crippen LogP contribution is -2.39. The van der Waals surface area contributed by atoms with Gasteiger partial charge in [-0.25, -0.2) is 0 Å². The predicted molar refractivity (Wildman–Crippen MR) is 135 cm³/mol. The van der Waals surface area contributed by atoms with Crippen molar-refractivity contribution in [3.8, 4) is 11.1 Å². The zero-order valence-corrected chi connectivity index (χ0v) is 18.7. The van der Waals surface area contributed by atoms with Crippen LogP contribution in [0.4, 0.5) is 11.4 Å². The Morgan fingerprint density at radius 3 is 1.81 bits per heavy atom. The van der Waals surface area contributed by atoms with Crippen LogP contribution in [0.3, 0.4) is 0 Å². The minimum Gasteiger partial charge on any atom is -0.318 e. The molecule has 2 heteroatoms. The van der Waals surface area contributed by atoms with E-state index in [4.69, 9.17) is 0 Å². The van der Waals surface area contributed by atoms with Crippen LogP contribution in [0.15, 0.2) is 97.1 Å². The topological polar surface area (TPSA) is 6.48 Å². The predicted octanol–water partition coefficient (Wildman–Crippen LogP) is 7.48. The second-order valence-corrected chi connectivity index (χ2v) is 8.74. The molecule has 0 amide bonds. The van der Waals surface area contributed by atoms with Gasteiger partial charge in [-0.15, -0.1) is 0 Å². The van der Waals surface area contributed by atoms with E-state index in [1.807, 2.05) is 0 Å². The zero-order chi connectivity index (χ0) is 21.8. The first-order valence-corrected chi connectivity index (χ1v) is 11.3. The summed E-state index contributed by atoms with van der Waals surface area (Å²) in [5, 5.41) is 0. The Labute approximate surface area is 190 Å². The van der Waals surface area contributed by atoms with E-state index in [-0.39, 0.29) is 6.17 Å². The molecule has 4 aromatic carbocycles. The Morgan fingerprint density at radius 2 is 1.06 bits per heavy atom. The molecule has 32 heavy (non-hydrogen) atoms. The summed E-state index contributed by atoms with van der Waals surface area (Å²) in [5.74, 6) is 0. The molecule has 0 aromatic heterocycles. The van der Waals surface area contributed by atoms with Gasteiger partial charge in [0.25, 0.3) is 0 Å². The van der Waals surface area contributed by atoms with Gasteiger partial charge in [0.15, 0.2) is 0 Å². The number of hydrogen-bond acceptors (Lipinski definition) is 2. The Kier molecular flexibility index (Phi) is 4.22. The van der Waals surface area contributed by atoms with Crippen molar-refractivity contribution in [2.75, 3.05) is 9.80 Å². The maximum atomic E-state index is 2.56. The minimum absolute atomic E-state index is 0.148. The van der Waals surface area contributed by atoms with Crippen molar-refractivity contribution in [3.63, 3.8) is 0 Å². The fourth-order valence-corrected chi connectivity index (χ4v) is 5.42. The molecule has 0 aliphatic carbocycles. The molecule has 2 aliphatic heterocycles. The van der Waals surface area contributed by atoms with Crippen molar-refractivity contribution in [2.45, 2.75) is 26.9 Å². The molecule has 0 fully saturated rings. The van der Waals surface area contributed by atoms with E-state index in [2.05, 4.69) is 128 Å². The minimum atomic E-state index is 0.148. The number of benzene rings is 4. The summed E-state index contributed by atoms with van der Waals surface area (Å²) in [5.41, 5.74) is 12.9. The highest BCUT2D eigenvalue weighted by molar-refractivity contribution is 6.13. The molecule has 0 spiro atoms. The fraction of sp³-hybridized carbons (Fsp3) is 0.133. The van der Waals surface area contributed by atoms with Crippen LogP contribution in [0.25, 0.3) is 22.5 Å². The van der Waals surface area contributed by atoms with E-state index in [1.54, 1.807) is 0 Å². The van der Waals surface area contributed by atoms with Gasteiger partial charge >= 0.3 is 0 Å². The summed E-state index contributed by atoms with van der Waals surface area (Å²) >= 11 is 0. The van der Waals surface area contributed by atoms with E-state index < -0.39 is 0 Å². The average Bonchev–Trinajstić information content (AvgIpc) is 3.13. The largest absolute Gasteiger partial charge is 0.318 e. The molecule has 1 unspecified atom stereocenters. The van der Waals surface area contributed by atoms with Crippen LogP contribution in [-0.4, -0.2) is 6.17 Å². The van der Waals surface area contributed by atoms with Gasteiger partial charge in [-0.1, -0.05) is 84.9 Å². The summed E-state index contributed by atoms with van der Waals surface area (Å²) in [7, 11) is 0. The first-order chi connectivity index (χ1) is 15.7. The standard InChI is InChI=1S/C30H26N2/c1-20-12-7-8-16-24(20)29-30-27-18-10-9-17-25(27)26-19-11-13-21(2)28(26)32(30)22(3)31(29)23-14-5-4-6-15-23/h4-19,22H,1-3H3. The van der Waals surface area contributed by atoms with E-state index in [9.17, 15) is 0 Å². The van der Waals surface area contributed by atoms with Crippen LogP contribution >= 0.6 is 0 Å². The molecule has 6 rings (SSSR count). The summed E-state index contributed by atoms with van der Waals surface area (Å²) in [6.45, 7) is 6.77. The molecule has 0 N–H and O–H groups in total. The van der Waals surface area contributed by atoms with Crippen LogP contribution in [0.2, 0.25) is 0 Å². The third-order valence-corrected chi connectivity index (χ3v) is 6.84. The number of hydrogen-bond donors (Lipinski definition) is 0. The maximum absolute atomic E-state index is 2.56. The molecular formula is C30H26N2. The third kappa shape index (κ3) is 2.59. The smallest absolute Gasteiger partial charge is 0.108 e. The number of para-hydroxylation sites is 2. The highest BCUT2D eigenvalue weighted by Crippen LogP contribution is 2.54. The van der Waals surface area contributed by atoms with E-state index >= 15 is 0 Å². The molecule has 0 radical (unpaired) electrons. The highest BCUT2D eigenvalue weighted by Gasteiger charge is 2.43. The van der Waals surface area contributed by atoms with Crippen LogP contribution in [0.1, 0.15) is 29.2 Å². The molecule has 1 atom stereocenters. The lowest BCUT2D eigenvalue weighted by Gasteiger charge is -2.37. The van der Waals surface area contributed by atoms with E-state index in [0.717, 1.165) is 0 Å². The monoisotopic (exact) mass is 414 g/mol. The number of rotatable bonds is 2. The van der Waals surface area contributed by atoms with Crippen LogP contribution in [0, 0.1) is 13.8 Å². The lowest BCUT2D eigenvalue weighted by molar-refractivity contribution is 0.757. The Bertz CT molecular complexity index is 1370. The van der Waals surface area contributed by atoms with Gasteiger partial charge in [0, 0.05) is 22.4 Å². The van der Waals surface area contributed by atoms with Gasteiger partial charge in [-0.05, 0) is 49.6 Å². The van der Waals surface area contributed by atoms with Crippen molar-refractivity contribution >= 4 is 22.8 Å². The summed E-state index contributed by atoms with van der Waals surface area (Å²) in [4.78, 5) is 5.07. The molecule has 0 saturated heterocycles. The van der Waals surface area contributed by atoms with Crippen molar-refractivity contribution in [1.29, 1.82) is 0 Å². The Hall–Kier alpha value is -3.78. The molecular weight excluding hydrogens is 388 g/mol. The third-order valence-electron chi connectivity index (χ3n) is 6.84. The van der Waals surface area contributed by atoms with Crippen LogP contribution < -0.4 is 9.80 Å². The van der Waals surface area contributed by atoms with Gasteiger partial charge in [-0.2, -0.15) is 0 Å². The summed E-state index contributed by atoms with van der Waals surface area (Å²) in [6, 6.07) is 35.1. The number of aryl methyl sites for hydroxylation is 2. The first kappa shape index (κ1) is 18.9. The van der Waals surface area contributed by atoms with Gasteiger partial charge < -0.3 is 9.80 Å². The van der Waals surface area contributed by atoms with Gasteiger partial charge in [0.2, 0.25) is 0 Å². The SMILES string of the molecule is Cc1ccccc1C1=C2c3ccccc3-c3cccc(C)c3N2C(C)N1c1ccccc1. The second kappa shape index (κ2) is 7.13. The Morgan fingerprint density at radius 1 is 0.500 bits per heavy atom. The molecule has 2 aliphatic rings. The number of fused-ring (bicyclic) bond motifs is 6. The van der Waals surface area contributed by atoms with Crippen molar-refractivity contribution in [3.05, 3.63) is 119 Å². The molecule has 2 nitrogen and oxygen atoms in total. The normalized spacial score (nSPS) is 16.7. The lowest BCUT2D eigenvalue weighted by atomic mass is 9.88. The Balaban J connectivity index is 1.75. The highest BCUT2D eigenvalue weighted by atomic mass is 15.4. The van der Waals surface area contributed by atoms with Gasteiger partial charge in [0.05, 0.1) is 17.1 Å². The molecule has 0 bridgehead atoms. The molecule has 0 saturated carbocycles. The van der Waals surface area contributed by atoms with Crippen molar-refractivity contribution in [1.82, 2.24) is 0 Å². The summed E-state index contributed by atoms with van der Waals surface area (Å²) < 4.78 is 0. The summed E-state index contributed by atoms with van der Waals surface area (Å²) in [6.07, 6.45) is 0.148. The first-order valence-electron chi connectivity index (χ1n) is 11.3. The van der Waals surface area contributed by atoms with Crippen molar-refractivity contribution in [2.24, 2.45) is 0 Å². The van der Waals surface area contributed by atoms with Crippen LogP contribution in [0.5, 0.6) is 0 Å². The molecule has 156 valence electrons. The molecule has 2 heterocycles. The quantitative estimate of drug-likeness (QED) is 0.335. The van der Waals surface area contributed by atoms with Crippen molar-refractivity contribution < 1.29 is 0 Å². The second-order valence-electron chi connectivity index (χ2n) is 8.74. The zero-order valence-electron chi connectivity index (χ0n) is 18.7. The number of anilines is 2. The van der Waals surface area contributed by atoms with E-state index in [1.165, 1.54) is 56.1 Å². The van der Waals surface area contributed by atoms with Gasteiger partial charge in [0.1, 0.15) is 6.17 Å². The molecule has 4 aromatic rings. The number of nitrogens with zero attached hydrogens (tertiary/aromatic N) is 2. The van der Waals surface area contributed by atoms with Crippen LogP contribution in [-0.2, 0) is 0 Å². The maximum Gasteiger partial charge on any atom is 0.108 e. The van der Waals surface area contributed by atoms with E-state index in [0.29, 0.717) is 0 Å². The average molecular weight is 415 g/mol. The fourth-order valence-electron chi connectivity index (χ4n) is 5.42.